The van der Waals surface area contributed by atoms with Crippen LogP contribution in [0.25, 0.3) is 11.3 Å². The van der Waals surface area contributed by atoms with Crippen molar-refractivity contribution in [2.24, 2.45) is 11.5 Å². The van der Waals surface area contributed by atoms with Gasteiger partial charge in [0, 0.05) is 43.3 Å². The Bertz CT molecular complexity index is 1070. The number of halogens is 2. The molecule has 2 aromatic rings. The molecule has 4 rings (SSSR count). The van der Waals surface area contributed by atoms with Crippen LogP contribution >= 0.6 is 23.2 Å². The van der Waals surface area contributed by atoms with Crippen LogP contribution in [0, 0.1) is 0 Å². The summed E-state index contributed by atoms with van der Waals surface area (Å²) in [5, 5.41) is 8.87. The highest BCUT2D eigenvalue weighted by Crippen LogP contribution is 2.34. The second-order valence-corrected chi connectivity index (χ2v) is 9.07. The summed E-state index contributed by atoms with van der Waals surface area (Å²) in [6.45, 7) is 3.33. The first kappa shape index (κ1) is 23.6. The van der Waals surface area contributed by atoms with Crippen molar-refractivity contribution in [1.29, 1.82) is 0 Å². The van der Waals surface area contributed by atoms with E-state index in [-0.39, 0.29) is 29.9 Å². The summed E-state index contributed by atoms with van der Waals surface area (Å²) in [6, 6.07) is 3.19. The van der Waals surface area contributed by atoms with Gasteiger partial charge in [0.05, 0.1) is 11.1 Å². The van der Waals surface area contributed by atoms with Gasteiger partial charge in [-0.25, -0.2) is 4.98 Å². The minimum atomic E-state index is -0.770. The topological polar surface area (TPSA) is 135 Å². The number of aromatic nitrogens is 3. The smallest absolute Gasteiger partial charge is 0.271 e. The Balaban J connectivity index is 1.58. The van der Waals surface area contributed by atoms with E-state index in [1.165, 1.54) is 0 Å². The molecule has 176 valence electrons. The van der Waals surface area contributed by atoms with E-state index in [2.05, 4.69) is 20.1 Å². The molecule has 1 unspecified atom stereocenters. The summed E-state index contributed by atoms with van der Waals surface area (Å²) in [6.07, 6.45) is 1.94. The lowest BCUT2D eigenvalue weighted by Gasteiger charge is -2.36. The number of hydrogen-bond acceptors (Lipinski definition) is 8. The highest BCUT2D eigenvalue weighted by Gasteiger charge is 2.33. The number of benzene rings is 1. The normalized spacial score (nSPS) is 19.2. The zero-order chi connectivity index (χ0) is 23.7. The fourth-order valence-electron chi connectivity index (χ4n) is 4.30. The van der Waals surface area contributed by atoms with E-state index in [1.54, 1.807) is 12.1 Å². The number of carbonyl (C=O) groups excluding carboxylic acids is 2. The van der Waals surface area contributed by atoms with Crippen molar-refractivity contribution in [3.8, 4) is 11.3 Å². The molecule has 10 nitrogen and oxygen atoms in total. The van der Waals surface area contributed by atoms with Crippen molar-refractivity contribution in [1.82, 2.24) is 25.0 Å². The van der Waals surface area contributed by atoms with Crippen LogP contribution in [-0.2, 0) is 11.3 Å². The van der Waals surface area contributed by atoms with Crippen LogP contribution in [0.5, 0.6) is 0 Å². The largest absolute Gasteiger partial charge is 0.364 e. The maximum absolute atomic E-state index is 12.9. The van der Waals surface area contributed by atoms with Gasteiger partial charge in [-0.15, -0.1) is 10.2 Å². The third kappa shape index (κ3) is 4.74. The van der Waals surface area contributed by atoms with Crippen molar-refractivity contribution in [3.63, 3.8) is 0 Å². The number of anilines is 1. The Hall–Kier alpha value is -2.53. The molecule has 1 aromatic heterocycles. The summed E-state index contributed by atoms with van der Waals surface area (Å²) in [4.78, 5) is 35.4. The number of primary amides is 1. The molecular weight excluding hydrogens is 467 g/mol. The van der Waals surface area contributed by atoms with Gasteiger partial charge in [-0.1, -0.05) is 23.2 Å². The van der Waals surface area contributed by atoms with Crippen LogP contribution < -0.4 is 16.4 Å². The van der Waals surface area contributed by atoms with Gasteiger partial charge < -0.3 is 21.3 Å². The Morgan fingerprint density at radius 2 is 1.82 bits per heavy atom. The first-order valence-corrected chi connectivity index (χ1v) is 11.5. The second-order valence-electron chi connectivity index (χ2n) is 8.25. The SMILES string of the molecule is CN1CCCC1C(=O)N1CCN(c2nnc(C(N)=O)c(-c3cc(CN)c(Cl)cc3Cl)n2)CC1. The van der Waals surface area contributed by atoms with E-state index in [0.717, 1.165) is 19.4 Å². The van der Waals surface area contributed by atoms with Gasteiger partial charge in [-0.05, 0) is 44.1 Å². The molecule has 2 aliphatic rings. The fraction of sp³-hybridized carbons (Fsp3) is 0.476. The minimum Gasteiger partial charge on any atom is -0.364 e. The maximum atomic E-state index is 12.9. The molecule has 0 bridgehead atoms. The van der Waals surface area contributed by atoms with E-state index in [1.807, 2.05) is 16.8 Å². The number of likely N-dealkylation sites (tertiary alicyclic amines) is 1. The quantitative estimate of drug-likeness (QED) is 0.634. The number of nitrogens with two attached hydrogens (primary N) is 2. The van der Waals surface area contributed by atoms with E-state index in [9.17, 15) is 9.59 Å². The molecule has 0 aliphatic carbocycles. The lowest BCUT2D eigenvalue weighted by atomic mass is 10.1. The van der Waals surface area contributed by atoms with Crippen molar-refractivity contribution < 1.29 is 9.59 Å². The molecule has 3 heterocycles. The van der Waals surface area contributed by atoms with Crippen molar-refractivity contribution >= 4 is 41.0 Å². The van der Waals surface area contributed by atoms with Crippen molar-refractivity contribution in [3.05, 3.63) is 33.4 Å². The summed E-state index contributed by atoms with van der Waals surface area (Å²) < 4.78 is 0. The zero-order valence-electron chi connectivity index (χ0n) is 18.3. The Kier molecular flexibility index (Phi) is 6.99. The summed E-state index contributed by atoms with van der Waals surface area (Å²) >= 11 is 12.6. The second kappa shape index (κ2) is 9.76. The predicted octanol–water partition coefficient (Wildman–Crippen LogP) is 1.15. The number of nitrogens with zero attached hydrogens (tertiary/aromatic N) is 6. The van der Waals surface area contributed by atoms with Gasteiger partial charge in [0.25, 0.3) is 5.91 Å². The fourth-order valence-corrected chi connectivity index (χ4v) is 4.85. The molecule has 1 aromatic carbocycles. The van der Waals surface area contributed by atoms with Crippen LogP contribution in [0.2, 0.25) is 10.0 Å². The molecule has 0 saturated carbocycles. The molecule has 12 heteroatoms. The highest BCUT2D eigenvalue weighted by molar-refractivity contribution is 6.37. The standard InChI is InChI=1S/C21H26Cl2N8O2/c1-29-4-2-3-16(29)20(33)30-5-7-31(8-6-30)21-26-17(18(19(25)32)27-28-21)13-9-12(11-24)14(22)10-15(13)23/h9-10,16H,2-8,11,24H2,1H3,(H2,25,32). The molecule has 2 fully saturated rings. The van der Waals surface area contributed by atoms with Crippen LogP contribution in [0.1, 0.15) is 28.9 Å². The predicted molar refractivity (Wildman–Crippen MR) is 126 cm³/mol. The van der Waals surface area contributed by atoms with Gasteiger partial charge >= 0.3 is 0 Å². The first-order valence-electron chi connectivity index (χ1n) is 10.8. The minimum absolute atomic E-state index is 0.0419. The molecule has 0 spiro atoms. The molecule has 2 aliphatic heterocycles. The Morgan fingerprint density at radius 3 is 2.42 bits per heavy atom. The number of hydrogen-bond donors (Lipinski definition) is 2. The number of amides is 2. The average Bonchev–Trinajstić information content (AvgIpc) is 3.24. The lowest BCUT2D eigenvalue weighted by Crippen LogP contribution is -2.53. The molecule has 33 heavy (non-hydrogen) atoms. The zero-order valence-corrected chi connectivity index (χ0v) is 19.8. The van der Waals surface area contributed by atoms with E-state index >= 15 is 0 Å². The molecule has 2 saturated heterocycles. The average molecular weight is 493 g/mol. The molecule has 4 N–H and O–H groups in total. The molecule has 0 radical (unpaired) electrons. The van der Waals surface area contributed by atoms with E-state index in [4.69, 9.17) is 34.7 Å². The molecule has 2 amide bonds. The summed E-state index contributed by atoms with van der Waals surface area (Å²) in [7, 11) is 1.99. The van der Waals surface area contributed by atoms with Gasteiger partial charge in [0.2, 0.25) is 11.9 Å². The van der Waals surface area contributed by atoms with E-state index < -0.39 is 5.91 Å². The maximum Gasteiger partial charge on any atom is 0.271 e. The van der Waals surface area contributed by atoms with Crippen LogP contribution in [-0.4, -0.2) is 82.6 Å². The van der Waals surface area contributed by atoms with Gasteiger partial charge in [-0.3, -0.25) is 14.5 Å². The summed E-state index contributed by atoms with van der Waals surface area (Å²) in [5.74, 6) is -0.269. The monoisotopic (exact) mass is 492 g/mol. The van der Waals surface area contributed by atoms with Crippen LogP contribution in [0.3, 0.4) is 0 Å². The van der Waals surface area contributed by atoms with Crippen molar-refractivity contribution in [2.45, 2.75) is 25.4 Å². The number of likely N-dealkylation sites (N-methyl/N-ethyl adjacent to an activating group) is 1. The van der Waals surface area contributed by atoms with Crippen molar-refractivity contribution in [2.75, 3.05) is 44.7 Å². The first-order chi connectivity index (χ1) is 15.8. The third-order valence-electron chi connectivity index (χ3n) is 6.20. The number of rotatable bonds is 5. The molecule has 1 atom stereocenters. The van der Waals surface area contributed by atoms with Crippen LogP contribution in [0.15, 0.2) is 12.1 Å². The lowest BCUT2D eigenvalue weighted by molar-refractivity contribution is -0.135. The Morgan fingerprint density at radius 1 is 1.09 bits per heavy atom. The summed E-state index contributed by atoms with van der Waals surface area (Å²) in [5.41, 5.74) is 12.5. The molecular formula is C21H26Cl2N8O2. The van der Waals surface area contributed by atoms with Crippen LogP contribution in [0.4, 0.5) is 5.95 Å². The number of piperazine rings is 1. The third-order valence-corrected chi connectivity index (χ3v) is 6.86. The van der Waals surface area contributed by atoms with Gasteiger partial charge in [0.1, 0.15) is 5.69 Å². The Labute approximate surface area is 201 Å². The van der Waals surface area contributed by atoms with Gasteiger partial charge in [0.15, 0.2) is 5.69 Å². The van der Waals surface area contributed by atoms with Gasteiger partial charge in [-0.2, -0.15) is 0 Å². The van der Waals surface area contributed by atoms with E-state index in [0.29, 0.717) is 53.3 Å². The number of carbonyl (C=O) groups is 2. The highest BCUT2D eigenvalue weighted by atomic mass is 35.5.